The van der Waals surface area contributed by atoms with Crippen LogP contribution >= 0.6 is 11.8 Å². The first-order valence-electron chi connectivity index (χ1n) is 11.3. The second-order valence-electron chi connectivity index (χ2n) is 7.96. The highest BCUT2D eigenvalue weighted by Gasteiger charge is 2.32. The molecule has 0 N–H and O–H groups in total. The van der Waals surface area contributed by atoms with Gasteiger partial charge in [-0.25, -0.2) is 14.2 Å². The Bertz CT molecular complexity index is 1340. The Kier molecular flexibility index (Phi) is 7.21. The van der Waals surface area contributed by atoms with Crippen LogP contribution < -0.4 is 0 Å². The number of ether oxygens (including phenoxy) is 1. The van der Waals surface area contributed by atoms with Crippen LogP contribution in [0.5, 0.6) is 0 Å². The number of carbonyl (C=O) groups is 2. The van der Waals surface area contributed by atoms with Gasteiger partial charge in [0.25, 0.3) is 5.91 Å². The van der Waals surface area contributed by atoms with Crippen LogP contribution in [0.4, 0.5) is 10.1 Å². The molecule has 0 unspecified atom stereocenters. The molecule has 0 saturated carbocycles. The highest BCUT2D eigenvalue weighted by Crippen LogP contribution is 2.35. The van der Waals surface area contributed by atoms with Crippen molar-refractivity contribution in [2.24, 2.45) is 4.99 Å². The van der Waals surface area contributed by atoms with Gasteiger partial charge in [0.1, 0.15) is 5.82 Å². The first-order chi connectivity index (χ1) is 16.8. The fraction of sp³-hybridized carbons (Fsp3) is 0.222. The Morgan fingerprint density at radius 2 is 1.86 bits per heavy atom. The average molecular weight is 492 g/mol. The quantitative estimate of drug-likeness (QED) is 0.312. The van der Waals surface area contributed by atoms with Gasteiger partial charge in [-0.2, -0.15) is 0 Å². The smallest absolute Gasteiger partial charge is 0.338 e. The predicted molar refractivity (Wildman–Crippen MR) is 138 cm³/mol. The lowest BCUT2D eigenvalue weighted by Gasteiger charge is -2.12. The zero-order valence-corrected chi connectivity index (χ0v) is 20.9. The van der Waals surface area contributed by atoms with Crippen molar-refractivity contribution in [2.45, 2.75) is 27.7 Å². The average Bonchev–Trinajstić information content (AvgIpc) is 3.29. The summed E-state index contributed by atoms with van der Waals surface area (Å²) in [5, 5.41) is 0.561. The number of amides is 1. The molecule has 1 amide bonds. The van der Waals surface area contributed by atoms with Gasteiger partial charge >= 0.3 is 5.97 Å². The van der Waals surface area contributed by atoms with Crippen molar-refractivity contribution >= 4 is 40.6 Å². The molecule has 1 fully saturated rings. The minimum absolute atomic E-state index is 0.118. The summed E-state index contributed by atoms with van der Waals surface area (Å²) in [5.74, 6) is -0.813. The molecule has 2 aromatic carbocycles. The van der Waals surface area contributed by atoms with Gasteiger partial charge in [-0.3, -0.25) is 9.69 Å². The number of aromatic nitrogens is 1. The number of nitrogens with zero attached hydrogens (tertiary/aromatic N) is 3. The molecule has 6 nitrogen and oxygen atoms in total. The number of hydrogen-bond acceptors (Lipinski definition) is 5. The molecular formula is C27H26FN3O3S. The van der Waals surface area contributed by atoms with Crippen LogP contribution in [0.1, 0.15) is 41.2 Å². The summed E-state index contributed by atoms with van der Waals surface area (Å²) in [4.78, 5) is 32.0. The SMILES string of the molecule is CCOC(=O)c1cccc(-n2c(C)cc(/C=C3\SC(=Nc4ccc(F)cc4)N(CC)C3=O)c2C)c1. The monoisotopic (exact) mass is 491 g/mol. The third kappa shape index (κ3) is 5.07. The fourth-order valence-corrected chi connectivity index (χ4v) is 5.01. The number of esters is 1. The standard InChI is InChI=1S/C27H26FN3O3S/c1-5-30-25(32)24(35-27(30)29-22-12-10-21(28)11-13-22)16-20-14-17(3)31(18(20)4)23-9-7-8-19(15-23)26(33)34-6-2/h7-16H,5-6H2,1-4H3/b24-16-,29-27?. The zero-order valence-electron chi connectivity index (χ0n) is 20.0. The lowest BCUT2D eigenvalue weighted by atomic mass is 10.2. The van der Waals surface area contributed by atoms with Crippen molar-refractivity contribution in [3.8, 4) is 5.69 Å². The van der Waals surface area contributed by atoms with Crippen molar-refractivity contribution in [3.63, 3.8) is 0 Å². The summed E-state index contributed by atoms with van der Waals surface area (Å²) < 4.78 is 20.4. The Labute approximate surface area is 208 Å². The van der Waals surface area contributed by atoms with E-state index in [1.54, 1.807) is 36.1 Å². The molecule has 1 aromatic heterocycles. The van der Waals surface area contributed by atoms with E-state index in [-0.39, 0.29) is 17.7 Å². The molecule has 1 aliphatic rings. The fourth-order valence-electron chi connectivity index (χ4n) is 3.95. The molecule has 8 heteroatoms. The largest absolute Gasteiger partial charge is 0.462 e. The van der Waals surface area contributed by atoms with Gasteiger partial charge in [0, 0.05) is 23.6 Å². The van der Waals surface area contributed by atoms with E-state index in [1.165, 1.54) is 23.9 Å². The number of rotatable bonds is 6. The molecule has 180 valence electrons. The van der Waals surface area contributed by atoms with Gasteiger partial charge in [0.2, 0.25) is 0 Å². The number of thioether (sulfide) groups is 1. The van der Waals surface area contributed by atoms with Crippen LogP contribution in [0, 0.1) is 19.7 Å². The van der Waals surface area contributed by atoms with Gasteiger partial charge in [-0.15, -0.1) is 0 Å². The van der Waals surface area contributed by atoms with E-state index in [2.05, 4.69) is 4.99 Å². The topological polar surface area (TPSA) is 63.9 Å². The van der Waals surface area contributed by atoms with Crippen LogP contribution in [0.3, 0.4) is 0 Å². The zero-order chi connectivity index (χ0) is 25.1. The van der Waals surface area contributed by atoms with Crippen molar-refractivity contribution < 1.29 is 18.7 Å². The van der Waals surface area contributed by atoms with E-state index >= 15 is 0 Å². The van der Waals surface area contributed by atoms with E-state index in [4.69, 9.17) is 4.74 Å². The number of aliphatic imine (C=N–C) groups is 1. The minimum Gasteiger partial charge on any atom is -0.462 e. The molecular weight excluding hydrogens is 465 g/mol. The van der Waals surface area contributed by atoms with E-state index < -0.39 is 0 Å². The van der Waals surface area contributed by atoms with Crippen LogP contribution in [0.25, 0.3) is 11.8 Å². The molecule has 0 aliphatic carbocycles. The Morgan fingerprint density at radius 3 is 2.54 bits per heavy atom. The van der Waals surface area contributed by atoms with Crippen molar-refractivity contribution in [2.75, 3.05) is 13.2 Å². The first kappa shape index (κ1) is 24.5. The van der Waals surface area contributed by atoms with Crippen molar-refractivity contribution in [1.29, 1.82) is 0 Å². The second-order valence-corrected chi connectivity index (χ2v) is 8.97. The molecule has 0 spiro atoms. The minimum atomic E-state index is -0.361. The highest BCUT2D eigenvalue weighted by molar-refractivity contribution is 8.18. The number of benzene rings is 2. The van der Waals surface area contributed by atoms with E-state index in [1.807, 2.05) is 49.6 Å². The summed E-state index contributed by atoms with van der Waals surface area (Å²) in [6.07, 6.45) is 1.87. The van der Waals surface area contributed by atoms with E-state index in [9.17, 15) is 14.0 Å². The highest BCUT2D eigenvalue weighted by atomic mass is 32.2. The summed E-state index contributed by atoms with van der Waals surface area (Å²) in [7, 11) is 0. The number of aryl methyl sites for hydroxylation is 1. The summed E-state index contributed by atoms with van der Waals surface area (Å²) in [5.41, 5.74) is 4.72. The maximum atomic E-state index is 13.2. The third-order valence-corrected chi connectivity index (χ3v) is 6.63. The molecule has 0 radical (unpaired) electrons. The van der Waals surface area contributed by atoms with Gasteiger partial charge < -0.3 is 9.30 Å². The maximum absolute atomic E-state index is 13.2. The lowest BCUT2D eigenvalue weighted by molar-refractivity contribution is -0.122. The third-order valence-electron chi connectivity index (χ3n) is 5.63. The number of carbonyl (C=O) groups excluding carboxylic acids is 2. The van der Waals surface area contributed by atoms with Gasteiger partial charge in [-0.1, -0.05) is 6.07 Å². The van der Waals surface area contributed by atoms with Crippen LogP contribution in [0.15, 0.2) is 64.5 Å². The Hall–Kier alpha value is -3.65. The van der Waals surface area contributed by atoms with Crippen molar-refractivity contribution in [3.05, 3.63) is 87.8 Å². The number of hydrogen-bond donors (Lipinski definition) is 0. The molecule has 1 saturated heterocycles. The van der Waals surface area contributed by atoms with E-state index in [0.29, 0.717) is 34.5 Å². The molecule has 0 bridgehead atoms. The number of halogens is 1. The maximum Gasteiger partial charge on any atom is 0.338 e. The normalized spacial score (nSPS) is 15.9. The molecule has 1 aliphatic heterocycles. The van der Waals surface area contributed by atoms with Gasteiger partial charge in [-0.05, 0) is 99.6 Å². The molecule has 0 atom stereocenters. The van der Waals surface area contributed by atoms with E-state index in [0.717, 1.165) is 22.6 Å². The second kappa shape index (κ2) is 10.3. The summed E-state index contributed by atoms with van der Waals surface area (Å²) in [6, 6.07) is 15.2. The summed E-state index contributed by atoms with van der Waals surface area (Å²) >= 11 is 1.30. The lowest BCUT2D eigenvalue weighted by Crippen LogP contribution is -2.28. The predicted octanol–water partition coefficient (Wildman–Crippen LogP) is 6.03. The van der Waals surface area contributed by atoms with Crippen molar-refractivity contribution in [1.82, 2.24) is 9.47 Å². The molecule has 35 heavy (non-hydrogen) atoms. The Morgan fingerprint density at radius 1 is 1.11 bits per heavy atom. The van der Waals surface area contributed by atoms with Gasteiger partial charge in [0.05, 0.1) is 22.8 Å². The van der Waals surface area contributed by atoms with Crippen LogP contribution in [-0.2, 0) is 9.53 Å². The number of amidine groups is 1. The molecule has 3 aromatic rings. The number of likely N-dealkylation sites (N-methyl/N-ethyl adjacent to an activating group) is 1. The first-order valence-corrected chi connectivity index (χ1v) is 12.2. The Balaban J connectivity index is 1.67. The van der Waals surface area contributed by atoms with Crippen LogP contribution in [-0.4, -0.2) is 39.7 Å². The van der Waals surface area contributed by atoms with Crippen LogP contribution in [0.2, 0.25) is 0 Å². The summed E-state index contributed by atoms with van der Waals surface area (Å²) in [6.45, 7) is 8.42. The molecule has 4 rings (SSSR count). The molecule has 2 heterocycles. The van der Waals surface area contributed by atoms with Gasteiger partial charge in [0.15, 0.2) is 5.17 Å².